The second kappa shape index (κ2) is 6.42. The molecule has 0 fully saturated rings. The lowest BCUT2D eigenvalue weighted by Crippen LogP contribution is -2.11. The summed E-state index contributed by atoms with van der Waals surface area (Å²) in [4.78, 5) is 11.4. The van der Waals surface area contributed by atoms with E-state index in [9.17, 15) is 4.79 Å². The van der Waals surface area contributed by atoms with E-state index in [0.717, 1.165) is 5.75 Å². The van der Waals surface area contributed by atoms with E-state index in [2.05, 4.69) is 3.53 Å². The maximum absolute atomic E-state index is 11.4. The van der Waals surface area contributed by atoms with Gasteiger partial charge in [-0.25, -0.2) is 0 Å². The van der Waals surface area contributed by atoms with Gasteiger partial charge in [-0.2, -0.15) is 0 Å². The topological polar surface area (TPSA) is 47.6 Å². The number of nitrogens with one attached hydrogen (secondary N) is 1. The summed E-state index contributed by atoms with van der Waals surface area (Å²) in [6.45, 7) is 0. The molecule has 0 atom stereocenters. The molecule has 0 heterocycles. The SMILES string of the molecule is COc1cccc(Oc2ccc(C(=O)NI)cc2)c1. The number of amides is 1. The molecular formula is C14H12INO3. The number of hydrogen-bond acceptors (Lipinski definition) is 3. The molecule has 2 aromatic rings. The Hall–Kier alpha value is -1.76. The van der Waals surface area contributed by atoms with Crippen LogP contribution in [0.25, 0.3) is 0 Å². The highest BCUT2D eigenvalue weighted by atomic mass is 127. The molecule has 0 aromatic heterocycles. The molecule has 0 aliphatic carbocycles. The Morgan fingerprint density at radius 2 is 1.74 bits per heavy atom. The molecule has 19 heavy (non-hydrogen) atoms. The van der Waals surface area contributed by atoms with Gasteiger partial charge in [0.2, 0.25) is 0 Å². The van der Waals surface area contributed by atoms with Crippen molar-refractivity contribution in [2.75, 3.05) is 7.11 Å². The molecule has 0 aliphatic heterocycles. The fourth-order valence-corrected chi connectivity index (χ4v) is 1.84. The first kappa shape index (κ1) is 13.7. The van der Waals surface area contributed by atoms with Crippen molar-refractivity contribution in [2.24, 2.45) is 0 Å². The van der Waals surface area contributed by atoms with Crippen molar-refractivity contribution in [3.05, 3.63) is 54.1 Å². The molecule has 0 unspecified atom stereocenters. The summed E-state index contributed by atoms with van der Waals surface area (Å²) in [5.74, 6) is 1.95. The molecule has 98 valence electrons. The number of halogens is 1. The summed E-state index contributed by atoms with van der Waals surface area (Å²) in [5.41, 5.74) is 0.590. The Labute approximate surface area is 125 Å². The summed E-state index contributed by atoms with van der Waals surface area (Å²) in [5, 5.41) is 0. The fourth-order valence-electron chi connectivity index (χ4n) is 1.53. The number of ether oxygens (including phenoxy) is 2. The molecule has 2 rings (SSSR count). The second-order valence-electron chi connectivity index (χ2n) is 3.73. The van der Waals surface area contributed by atoms with Gasteiger partial charge >= 0.3 is 0 Å². The van der Waals surface area contributed by atoms with Crippen LogP contribution in [0.1, 0.15) is 10.4 Å². The van der Waals surface area contributed by atoms with Crippen molar-refractivity contribution in [3.8, 4) is 17.2 Å². The Morgan fingerprint density at radius 1 is 1.05 bits per heavy atom. The maximum Gasteiger partial charge on any atom is 0.259 e. The first-order valence-electron chi connectivity index (χ1n) is 5.56. The monoisotopic (exact) mass is 369 g/mol. The summed E-state index contributed by atoms with van der Waals surface area (Å²) >= 11 is 1.81. The predicted octanol–water partition coefficient (Wildman–Crippen LogP) is 3.57. The van der Waals surface area contributed by atoms with E-state index in [1.807, 2.05) is 41.1 Å². The lowest BCUT2D eigenvalue weighted by Gasteiger charge is -2.07. The van der Waals surface area contributed by atoms with E-state index in [1.54, 1.807) is 37.4 Å². The molecule has 0 bridgehead atoms. The van der Waals surface area contributed by atoms with Crippen molar-refractivity contribution < 1.29 is 14.3 Å². The number of methoxy groups -OCH3 is 1. The van der Waals surface area contributed by atoms with Crippen LogP contribution in [0.5, 0.6) is 17.2 Å². The van der Waals surface area contributed by atoms with Gasteiger partial charge in [-0.05, 0) is 36.4 Å². The van der Waals surface area contributed by atoms with Crippen molar-refractivity contribution in [1.82, 2.24) is 3.53 Å². The number of rotatable bonds is 4. The van der Waals surface area contributed by atoms with E-state index < -0.39 is 0 Å². The van der Waals surface area contributed by atoms with Gasteiger partial charge in [0.05, 0.1) is 30.0 Å². The molecule has 0 saturated heterocycles. The minimum atomic E-state index is -0.131. The summed E-state index contributed by atoms with van der Waals surface area (Å²) in [7, 11) is 1.61. The van der Waals surface area contributed by atoms with Gasteiger partial charge in [-0.15, -0.1) is 0 Å². The van der Waals surface area contributed by atoms with Gasteiger partial charge in [0.15, 0.2) is 0 Å². The normalized spacial score (nSPS) is 9.79. The zero-order valence-electron chi connectivity index (χ0n) is 10.2. The van der Waals surface area contributed by atoms with Crippen LogP contribution in [0, 0.1) is 0 Å². The Bertz CT molecular complexity index is 569. The quantitative estimate of drug-likeness (QED) is 0.662. The molecule has 1 N–H and O–H groups in total. The van der Waals surface area contributed by atoms with Crippen molar-refractivity contribution >= 4 is 28.8 Å². The van der Waals surface area contributed by atoms with E-state index >= 15 is 0 Å². The highest BCUT2D eigenvalue weighted by Crippen LogP contribution is 2.25. The molecule has 0 spiro atoms. The third-order valence-electron chi connectivity index (χ3n) is 2.48. The van der Waals surface area contributed by atoms with Crippen molar-refractivity contribution in [1.29, 1.82) is 0 Å². The van der Waals surface area contributed by atoms with Crippen LogP contribution in [0.4, 0.5) is 0 Å². The standard InChI is InChI=1S/C14H12INO3/c1-18-12-3-2-4-13(9-12)19-11-7-5-10(6-8-11)14(17)16-15/h2-9H,1H3,(H,16,17). The number of hydrogen-bond donors (Lipinski definition) is 1. The number of benzene rings is 2. The molecule has 0 radical (unpaired) electrons. The third-order valence-corrected chi connectivity index (χ3v) is 2.97. The van der Waals surface area contributed by atoms with Crippen LogP contribution in [-0.2, 0) is 0 Å². The van der Waals surface area contributed by atoms with Crippen LogP contribution in [-0.4, -0.2) is 13.0 Å². The Balaban J connectivity index is 2.12. The zero-order chi connectivity index (χ0) is 13.7. The largest absolute Gasteiger partial charge is 0.497 e. The van der Waals surface area contributed by atoms with Crippen molar-refractivity contribution in [3.63, 3.8) is 0 Å². The summed E-state index contributed by atoms with van der Waals surface area (Å²) in [6.07, 6.45) is 0. The van der Waals surface area contributed by atoms with Crippen LogP contribution >= 0.6 is 22.9 Å². The van der Waals surface area contributed by atoms with Gasteiger partial charge in [0, 0.05) is 11.6 Å². The second-order valence-corrected chi connectivity index (χ2v) is 4.27. The fraction of sp³-hybridized carbons (Fsp3) is 0.0714. The van der Waals surface area contributed by atoms with Gasteiger partial charge < -0.3 is 9.47 Å². The molecule has 2 aromatic carbocycles. The first-order chi connectivity index (χ1) is 9.22. The smallest absolute Gasteiger partial charge is 0.259 e. The Kier molecular flexibility index (Phi) is 4.62. The molecule has 5 heteroatoms. The van der Waals surface area contributed by atoms with Gasteiger partial charge in [-0.3, -0.25) is 8.32 Å². The van der Waals surface area contributed by atoms with Crippen LogP contribution in [0.15, 0.2) is 48.5 Å². The molecule has 1 amide bonds. The van der Waals surface area contributed by atoms with Crippen LogP contribution in [0.3, 0.4) is 0 Å². The molecular weight excluding hydrogens is 357 g/mol. The van der Waals surface area contributed by atoms with Gasteiger partial charge in [0.1, 0.15) is 17.2 Å². The predicted molar refractivity (Wildman–Crippen MR) is 81.0 cm³/mol. The van der Waals surface area contributed by atoms with Gasteiger partial charge in [0.25, 0.3) is 5.91 Å². The third kappa shape index (κ3) is 3.60. The summed E-state index contributed by atoms with van der Waals surface area (Å²) < 4.78 is 13.3. The van der Waals surface area contributed by atoms with Crippen LogP contribution in [0.2, 0.25) is 0 Å². The molecule has 0 aliphatic rings. The van der Waals surface area contributed by atoms with E-state index in [0.29, 0.717) is 17.1 Å². The van der Waals surface area contributed by atoms with Crippen LogP contribution < -0.4 is 13.0 Å². The van der Waals surface area contributed by atoms with Gasteiger partial charge in [-0.1, -0.05) is 6.07 Å². The zero-order valence-corrected chi connectivity index (χ0v) is 12.4. The number of carbonyl (C=O) groups excluding carboxylic acids is 1. The Morgan fingerprint density at radius 3 is 2.37 bits per heavy atom. The molecule has 0 saturated carbocycles. The van der Waals surface area contributed by atoms with E-state index in [4.69, 9.17) is 9.47 Å². The average Bonchev–Trinajstić information content (AvgIpc) is 2.47. The first-order valence-corrected chi connectivity index (χ1v) is 6.64. The maximum atomic E-state index is 11.4. The highest BCUT2D eigenvalue weighted by molar-refractivity contribution is 14.1. The van der Waals surface area contributed by atoms with Crippen molar-refractivity contribution in [2.45, 2.75) is 0 Å². The lowest BCUT2D eigenvalue weighted by atomic mass is 10.2. The number of carbonyl (C=O) groups is 1. The minimum Gasteiger partial charge on any atom is -0.497 e. The summed E-state index contributed by atoms with van der Waals surface area (Å²) in [6, 6.07) is 14.3. The molecule has 4 nitrogen and oxygen atoms in total. The van der Waals surface area contributed by atoms with E-state index in [-0.39, 0.29) is 5.91 Å². The van der Waals surface area contributed by atoms with E-state index in [1.165, 1.54) is 0 Å². The highest BCUT2D eigenvalue weighted by Gasteiger charge is 2.04. The average molecular weight is 369 g/mol. The lowest BCUT2D eigenvalue weighted by molar-refractivity contribution is 0.0989. The minimum absolute atomic E-state index is 0.131.